The summed E-state index contributed by atoms with van der Waals surface area (Å²) in [7, 11) is 0. The number of para-hydroxylation sites is 1. The monoisotopic (exact) mass is 398 g/mol. The topological polar surface area (TPSA) is 76.0 Å². The van der Waals surface area contributed by atoms with Gasteiger partial charge in [-0.3, -0.25) is 9.36 Å². The molecule has 150 valence electrons. The Bertz CT molecular complexity index is 1320. The minimum atomic E-state index is -0.322. The van der Waals surface area contributed by atoms with Gasteiger partial charge in [-0.25, -0.2) is 9.78 Å². The Morgan fingerprint density at radius 1 is 0.900 bits per heavy atom. The molecular weight excluding hydrogens is 376 g/mol. The van der Waals surface area contributed by atoms with Gasteiger partial charge in [-0.15, -0.1) is 0 Å². The summed E-state index contributed by atoms with van der Waals surface area (Å²) in [6, 6.07) is 20.0. The smallest absolute Gasteiger partial charge is 0.308 e. The molecule has 1 heterocycles. The zero-order valence-electron chi connectivity index (χ0n) is 17.1. The normalized spacial score (nSPS) is 10.8. The first kappa shape index (κ1) is 19.4. The molecular formula is C24H22N4O2. The lowest BCUT2D eigenvalue weighted by Crippen LogP contribution is -2.23. The maximum atomic E-state index is 13.0. The van der Waals surface area contributed by atoms with Crippen LogP contribution >= 0.6 is 0 Å². The third-order valence-electron chi connectivity index (χ3n) is 4.94. The van der Waals surface area contributed by atoms with Crippen molar-refractivity contribution in [2.45, 2.75) is 20.8 Å². The second kappa shape index (κ2) is 7.83. The number of urea groups is 1. The van der Waals surface area contributed by atoms with Crippen LogP contribution in [0.3, 0.4) is 0 Å². The predicted molar refractivity (Wildman–Crippen MR) is 121 cm³/mol. The third-order valence-corrected chi connectivity index (χ3v) is 4.94. The van der Waals surface area contributed by atoms with Crippen molar-refractivity contribution >= 4 is 28.3 Å². The van der Waals surface area contributed by atoms with Crippen LogP contribution in [0.25, 0.3) is 16.6 Å². The van der Waals surface area contributed by atoms with E-state index in [0.29, 0.717) is 28.1 Å². The van der Waals surface area contributed by atoms with Gasteiger partial charge >= 0.3 is 6.03 Å². The lowest BCUT2D eigenvalue weighted by Gasteiger charge is -2.14. The van der Waals surface area contributed by atoms with Crippen molar-refractivity contribution in [2.75, 3.05) is 10.6 Å². The van der Waals surface area contributed by atoms with E-state index >= 15 is 0 Å². The Labute approximate surface area is 174 Å². The fourth-order valence-electron chi connectivity index (χ4n) is 3.48. The van der Waals surface area contributed by atoms with E-state index in [-0.39, 0.29) is 11.6 Å². The number of rotatable bonds is 3. The van der Waals surface area contributed by atoms with E-state index in [0.717, 1.165) is 16.8 Å². The second-order valence-electron chi connectivity index (χ2n) is 7.26. The number of fused-ring (bicyclic) bond motifs is 1. The molecule has 4 rings (SSSR count). The van der Waals surface area contributed by atoms with Crippen molar-refractivity contribution < 1.29 is 4.79 Å². The number of anilines is 2. The Morgan fingerprint density at radius 3 is 2.47 bits per heavy atom. The molecule has 0 aliphatic heterocycles. The van der Waals surface area contributed by atoms with E-state index < -0.39 is 0 Å². The molecule has 6 heteroatoms. The summed E-state index contributed by atoms with van der Waals surface area (Å²) in [5, 5.41) is 6.26. The molecule has 3 aromatic carbocycles. The van der Waals surface area contributed by atoms with Crippen LogP contribution in [-0.2, 0) is 0 Å². The van der Waals surface area contributed by atoms with E-state index in [9.17, 15) is 9.59 Å². The molecule has 4 aromatic rings. The average Bonchev–Trinajstić information content (AvgIpc) is 2.70. The molecule has 0 radical (unpaired) electrons. The van der Waals surface area contributed by atoms with Crippen molar-refractivity contribution in [2.24, 2.45) is 0 Å². The van der Waals surface area contributed by atoms with Crippen molar-refractivity contribution in [3.8, 4) is 5.69 Å². The number of nitrogens with one attached hydrogen (secondary N) is 2. The van der Waals surface area contributed by atoms with E-state index in [1.54, 1.807) is 22.8 Å². The van der Waals surface area contributed by atoms with E-state index in [1.165, 1.54) is 0 Å². The van der Waals surface area contributed by atoms with E-state index in [2.05, 4.69) is 15.6 Å². The van der Waals surface area contributed by atoms with Crippen molar-refractivity contribution in [1.29, 1.82) is 0 Å². The molecule has 0 spiro atoms. The molecule has 0 atom stereocenters. The maximum Gasteiger partial charge on any atom is 0.323 e. The summed E-state index contributed by atoms with van der Waals surface area (Å²) in [5.41, 5.74) is 4.58. The highest BCUT2D eigenvalue weighted by Gasteiger charge is 2.12. The molecule has 0 aliphatic rings. The van der Waals surface area contributed by atoms with Gasteiger partial charge in [0.1, 0.15) is 5.82 Å². The molecule has 1 aromatic heterocycles. The molecule has 30 heavy (non-hydrogen) atoms. The van der Waals surface area contributed by atoms with Crippen molar-refractivity contribution in [3.63, 3.8) is 0 Å². The Hall–Kier alpha value is -3.93. The highest BCUT2D eigenvalue weighted by molar-refractivity contribution is 6.00. The van der Waals surface area contributed by atoms with Gasteiger partial charge in [0, 0.05) is 11.4 Å². The number of amides is 2. The van der Waals surface area contributed by atoms with Crippen LogP contribution in [-0.4, -0.2) is 15.6 Å². The number of carbonyl (C=O) groups excluding carboxylic acids is 1. The highest BCUT2D eigenvalue weighted by Crippen LogP contribution is 2.20. The molecule has 2 N–H and O–H groups in total. The standard InChI is InChI=1S/C24H22N4O2/c1-15-7-6-8-18(13-15)26-24(30)27-21-12-11-19(14-16(21)2)28-17(3)25-22-10-5-4-9-20(22)23(28)29/h4-14H,1-3H3,(H2,26,27,30). The molecule has 0 saturated heterocycles. The SMILES string of the molecule is Cc1cccc(NC(=O)Nc2ccc(-n3c(C)nc4ccccc4c3=O)cc2C)c1. The van der Waals surface area contributed by atoms with Crippen molar-refractivity contribution in [1.82, 2.24) is 9.55 Å². The van der Waals surface area contributed by atoms with Gasteiger partial charge < -0.3 is 10.6 Å². The van der Waals surface area contributed by atoms with Gasteiger partial charge in [0.05, 0.1) is 16.6 Å². The van der Waals surface area contributed by atoms with Crippen molar-refractivity contribution in [3.05, 3.63) is 94.0 Å². The average molecular weight is 398 g/mol. The molecule has 0 unspecified atom stereocenters. The first-order valence-corrected chi connectivity index (χ1v) is 9.66. The number of aromatic nitrogens is 2. The molecule has 0 aliphatic carbocycles. The molecule has 0 saturated carbocycles. The minimum Gasteiger partial charge on any atom is -0.308 e. The van der Waals surface area contributed by atoms with E-state index in [1.807, 2.05) is 69.3 Å². The number of hydrogen-bond acceptors (Lipinski definition) is 3. The largest absolute Gasteiger partial charge is 0.323 e. The number of hydrogen-bond donors (Lipinski definition) is 2. The van der Waals surface area contributed by atoms with Crippen LogP contribution in [0.5, 0.6) is 0 Å². The number of nitrogens with zero attached hydrogens (tertiary/aromatic N) is 2. The second-order valence-corrected chi connectivity index (χ2v) is 7.26. The zero-order valence-corrected chi connectivity index (χ0v) is 17.1. The van der Waals surface area contributed by atoms with Gasteiger partial charge in [-0.05, 0) is 74.4 Å². The predicted octanol–water partition coefficient (Wildman–Crippen LogP) is 4.95. The minimum absolute atomic E-state index is 0.115. The van der Waals surface area contributed by atoms with Crippen LogP contribution in [0.4, 0.5) is 16.2 Å². The quantitative estimate of drug-likeness (QED) is 0.512. The first-order valence-electron chi connectivity index (χ1n) is 9.66. The van der Waals surface area contributed by atoms with Crippen LogP contribution < -0.4 is 16.2 Å². The van der Waals surface area contributed by atoms with Gasteiger partial charge in [0.25, 0.3) is 5.56 Å². The Balaban J connectivity index is 1.62. The van der Waals surface area contributed by atoms with Gasteiger partial charge in [-0.2, -0.15) is 0 Å². The molecule has 2 amide bonds. The maximum absolute atomic E-state index is 13.0. The number of aryl methyl sites for hydroxylation is 3. The summed E-state index contributed by atoms with van der Waals surface area (Å²) in [6.45, 7) is 5.67. The lowest BCUT2D eigenvalue weighted by molar-refractivity contribution is 0.262. The molecule has 0 fully saturated rings. The van der Waals surface area contributed by atoms with Gasteiger partial charge in [0.15, 0.2) is 0 Å². The van der Waals surface area contributed by atoms with Crippen LogP contribution in [0.15, 0.2) is 71.5 Å². The van der Waals surface area contributed by atoms with Crippen LogP contribution in [0, 0.1) is 20.8 Å². The fraction of sp³-hybridized carbons (Fsp3) is 0.125. The fourth-order valence-corrected chi connectivity index (χ4v) is 3.48. The lowest BCUT2D eigenvalue weighted by atomic mass is 10.1. The summed E-state index contributed by atoms with van der Waals surface area (Å²) in [6.07, 6.45) is 0. The number of carbonyl (C=O) groups is 1. The van der Waals surface area contributed by atoms with Crippen LogP contribution in [0.1, 0.15) is 17.0 Å². The highest BCUT2D eigenvalue weighted by atomic mass is 16.2. The summed E-state index contributed by atoms with van der Waals surface area (Å²) in [4.78, 5) is 29.9. The van der Waals surface area contributed by atoms with Gasteiger partial charge in [0.2, 0.25) is 0 Å². The Morgan fingerprint density at radius 2 is 1.70 bits per heavy atom. The summed E-state index contributed by atoms with van der Waals surface area (Å²) >= 11 is 0. The number of benzene rings is 3. The van der Waals surface area contributed by atoms with Crippen LogP contribution in [0.2, 0.25) is 0 Å². The summed E-state index contributed by atoms with van der Waals surface area (Å²) in [5.74, 6) is 0.607. The first-order chi connectivity index (χ1) is 14.4. The zero-order chi connectivity index (χ0) is 21.3. The Kier molecular flexibility index (Phi) is 5.06. The third kappa shape index (κ3) is 3.80. The van der Waals surface area contributed by atoms with Gasteiger partial charge in [-0.1, -0.05) is 24.3 Å². The molecule has 0 bridgehead atoms. The van der Waals surface area contributed by atoms with E-state index in [4.69, 9.17) is 0 Å². The molecule has 6 nitrogen and oxygen atoms in total. The summed E-state index contributed by atoms with van der Waals surface area (Å²) < 4.78 is 1.59.